The highest BCUT2D eigenvalue weighted by atomic mass is 79.9. The molecule has 1 atom stereocenters. The average Bonchev–Trinajstić information content (AvgIpc) is 2.16. The number of carboxylic acid groups (broad SMARTS) is 1. The summed E-state index contributed by atoms with van der Waals surface area (Å²) in [7, 11) is 1.33. The summed E-state index contributed by atoms with van der Waals surface area (Å²) >= 11 is 3.17. The van der Waals surface area contributed by atoms with Gasteiger partial charge in [-0.2, -0.15) is 0 Å². The van der Waals surface area contributed by atoms with Crippen LogP contribution in [-0.2, 0) is 16.0 Å². The molecule has 1 unspecified atom stereocenters. The van der Waals surface area contributed by atoms with Gasteiger partial charge in [-0.25, -0.2) is 9.18 Å². The molecule has 0 amide bonds. The first-order chi connectivity index (χ1) is 7.04. The van der Waals surface area contributed by atoms with Gasteiger partial charge in [0, 0.05) is 18.0 Å². The molecule has 1 N–H and O–H groups in total. The van der Waals surface area contributed by atoms with E-state index in [1.54, 1.807) is 0 Å². The zero-order valence-corrected chi connectivity index (χ0v) is 9.62. The van der Waals surface area contributed by atoms with E-state index in [2.05, 4.69) is 15.9 Å². The number of methoxy groups -OCH3 is 1. The third-order valence-corrected chi connectivity index (χ3v) is 2.72. The van der Waals surface area contributed by atoms with Crippen molar-refractivity contribution in [1.29, 1.82) is 0 Å². The Balaban J connectivity index is 2.84. The van der Waals surface area contributed by atoms with Crippen LogP contribution in [0.5, 0.6) is 0 Å². The van der Waals surface area contributed by atoms with Crippen molar-refractivity contribution in [2.45, 2.75) is 12.5 Å². The second kappa shape index (κ2) is 5.23. The molecule has 0 aliphatic heterocycles. The van der Waals surface area contributed by atoms with Crippen molar-refractivity contribution < 1.29 is 19.0 Å². The molecule has 1 rings (SSSR count). The van der Waals surface area contributed by atoms with Crippen molar-refractivity contribution in [3.8, 4) is 0 Å². The molecule has 0 bridgehead atoms. The zero-order chi connectivity index (χ0) is 11.4. The Bertz CT molecular complexity index is 368. The molecule has 1 aromatic rings. The number of carbonyl (C=O) groups is 1. The quantitative estimate of drug-likeness (QED) is 0.918. The molecule has 15 heavy (non-hydrogen) atoms. The van der Waals surface area contributed by atoms with Gasteiger partial charge in [0.15, 0.2) is 6.10 Å². The summed E-state index contributed by atoms with van der Waals surface area (Å²) in [5, 5.41) is 8.77. The van der Waals surface area contributed by atoms with Gasteiger partial charge < -0.3 is 9.84 Å². The minimum atomic E-state index is -1.03. The molecule has 82 valence electrons. The van der Waals surface area contributed by atoms with E-state index < -0.39 is 12.1 Å². The zero-order valence-electron chi connectivity index (χ0n) is 8.04. The van der Waals surface area contributed by atoms with Crippen LogP contribution in [0.4, 0.5) is 4.39 Å². The van der Waals surface area contributed by atoms with Crippen LogP contribution in [-0.4, -0.2) is 24.3 Å². The number of hydrogen-bond donors (Lipinski definition) is 1. The third-order valence-electron chi connectivity index (χ3n) is 1.98. The smallest absolute Gasteiger partial charge is 0.333 e. The number of aliphatic carboxylic acids is 1. The molecule has 0 aliphatic carbocycles. The fraction of sp³-hybridized carbons (Fsp3) is 0.300. The molecule has 0 saturated heterocycles. The molecule has 3 nitrogen and oxygen atoms in total. The van der Waals surface area contributed by atoms with Gasteiger partial charge in [-0.1, -0.05) is 22.0 Å². The molecular weight excluding hydrogens is 267 g/mol. The maximum atomic E-state index is 12.7. The minimum absolute atomic E-state index is 0.201. The van der Waals surface area contributed by atoms with Gasteiger partial charge >= 0.3 is 5.97 Å². The average molecular weight is 277 g/mol. The minimum Gasteiger partial charge on any atom is -0.479 e. The van der Waals surface area contributed by atoms with Crippen molar-refractivity contribution in [1.82, 2.24) is 0 Å². The van der Waals surface area contributed by atoms with Crippen molar-refractivity contribution in [2.24, 2.45) is 0 Å². The van der Waals surface area contributed by atoms with Crippen molar-refractivity contribution in [3.63, 3.8) is 0 Å². The molecule has 1 aromatic carbocycles. The second-order valence-electron chi connectivity index (χ2n) is 3.00. The molecule has 0 fully saturated rings. The first kappa shape index (κ1) is 12.1. The predicted molar refractivity (Wildman–Crippen MR) is 56.2 cm³/mol. The number of halogens is 2. The Kier molecular flexibility index (Phi) is 4.23. The SMILES string of the molecule is COC(Cc1ccc(F)cc1Br)C(=O)O. The molecule has 5 heteroatoms. The Hall–Kier alpha value is -0.940. The van der Waals surface area contributed by atoms with E-state index in [-0.39, 0.29) is 12.2 Å². The lowest BCUT2D eigenvalue weighted by molar-refractivity contribution is -0.148. The van der Waals surface area contributed by atoms with Gasteiger partial charge in [-0.15, -0.1) is 0 Å². The van der Waals surface area contributed by atoms with Crippen LogP contribution in [0.2, 0.25) is 0 Å². The summed E-state index contributed by atoms with van der Waals surface area (Å²) in [6.45, 7) is 0. The molecular formula is C10H10BrFO3. The van der Waals surface area contributed by atoms with Crippen molar-refractivity contribution in [3.05, 3.63) is 34.1 Å². The topological polar surface area (TPSA) is 46.5 Å². The normalized spacial score (nSPS) is 12.5. The standard InChI is InChI=1S/C10H10BrFO3/c1-15-9(10(13)14)4-6-2-3-7(12)5-8(6)11/h2-3,5,9H,4H2,1H3,(H,13,14). The van der Waals surface area contributed by atoms with Gasteiger partial charge in [0.25, 0.3) is 0 Å². The van der Waals surface area contributed by atoms with Gasteiger partial charge in [0.2, 0.25) is 0 Å². The van der Waals surface area contributed by atoms with Crippen molar-refractivity contribution >= 4 is 21.9 Å². The van der Waals surface area contributed by atoms with E-state index in [0.717, 1.165) is 0 Å². The van der Waals surface area contributed by atoms with Crippen LogP contribution >= 0.6 is 15.9 Å². The lowest BCUT2D eigenvalue weighted by Crippen LogP contribution is -2.24. The number of benzene rings is 1. The molecule has 0 aromatic heterocycles. The van der Waals surface area contributed by atoms with Crippen LogP contribution in [0.15, 0.2) is 22.7 Å². The summed E-state index contributed by atoms with van der Waals surface area (Å²) in [6, 6.07) is 4.12. The Morgan fingerprint density at radius 2 is 2.33 bits per heavy atom. The fourth-order valence-electron chi connectivity index (χ4n) is 1.16. The van der Waals surface area contributed by atoms with Gasteiger partial charge in [0.05, 0.1) is 0 Å². The first-order valence-electron chi connectivity index (χ1n) is 4.24. The first-order valence-corrected chi connectivity index (χ1v) is 5.03. The highest BCUT2D eigenvalue weighted by molar-refractivity contribution is 9.10. The molecule has 0 radical (unpaired) electrons. The van der Waals surface area contributed by atoms with E-state index in [1.807, 2.05) is 0 Å². The lowest BCUT2D eigenvalue weighted by atomic mass is 10.1. The maximum Gasteiger partial charge on any atom is 0.333 e. The number of hydrogen-bond acceptors (Lipinski definition) is 2. The lowest BCUT2D eigenvalue weighted by Gasteiger charge is -2.11. The highest BCUT2D eigenvalue weighted by Crippen LogP contribution is 2.20. The summed E-state index contributed by atoms with van der Waals surface area (Å²) in [5.74, 6) is -1.40. The van der Waals surface area contributed by atoms with Gasteiger partial charge in [0.1, 0.15) is 5.82 Å². The van der Waals surface area contributed by atoms with Crippen LogP contribution < -0.4 is 0 Å². The van der Waals surface area contributed by atoms with Crippen LogP contribution in [0.3, 0.4) is 0 Å². The van der Waals surface area contributed by atoms with E-state index in [9.17, 15) is 9.18 Å². The fourth-order valence-corrected chi connectivity index (χ4v) is 1.67. The Morgan fingerprint density at radius 3 is 2.80 bits per heavy atom. The van der Waals surface area contributed by atoms with E-state index in [0.29, 0.717) is 10.0 Å². The van der Waals surface area contributed by atoms with Crippen molar-refractivity contribution in [2.75, 3.05) is 7.11 Å². The molecule has 0 spiro atoms. The second-order valence-corrected chi connectivity index (χ2v) is 3.86. The van der Waals surface area contributed by atoms with E-state index in [4.69, 9.17) is 9.84 Å². The maximum absolute atomic E-state index is 12.7. The summed E-state index contributed by atoms with van der Waals surface area (Å²) in [5.41, 5.74) is 0.700. The Labute approximate surface area is 95.0 Å². The summed E-state index contributed by atoms with van der Waals surface area (Å²) in [4.78, 5) is 10.7. The number of rotatable bonds is 4. The van der Waals surface area contributed by atoms with Gasteiger partial charge in [-0.3, -0.25) is 0 Å². The van der Waals surface area contributed by atoms with Gasteiger partial charge in [-0.05, 0) is 17.7 Å². The van der Waals surface area contributed by atoms with Crippen LogP contribution in [0.25, 0.3) is 0 Å². The predicted octanol–water partition coefficient (Wildman–Crippen LogP) is 2.23. The largest absolute Gasteiger partial charge is 0.479 e. The molecule has 0 saturated carbocycles. The summed E-state index contributed by atoms with van der Waals surface area (Å²) in [6.07, 6.45) is -0.709. The van der Waals surface area contributed by atoms with Crippen LogP contribution in [0.1, 0.15) is 5.56 Å². The highest BCUT2D eigenvalue weighted by Gasteiger charge is 2.18. The number of ether oxygens (including phenoxy) is 1. The Morgan fingerprint density at radius 1 is 1.67 bits per heavy atom. The third kappa shape index (κ3) is 3.28. The molecule has 0 heterocycles. The number of carboxylic acids is 1. The van der Waals surface area contributed by atoms with Crippen LogP contribution in [0, 0.1) is 5.82 Å². The monoisotopic (exact) mass is 276 g/mol. The van der Waals surface area contributed by atoms with E-state index >= 15 is 0 Å². The molecule has 0 aliphatic rings. The van der Waals surface area contributed by atoms with E-state index in [1.165, 1.54) is 25.3 Å². The summed E-state index contributed by atoms with van der Waals surface area (Å²) < 4.78 is 18.1.